The third-order valence-corrected chi connectivity index (χ3v) is 3.62. The summed E-state index contributed by atoms with van der Waals surface area (Å²) in [6, 6.07) is 4.57. The molecule has 1 aliphatic heterocycles. The van der Waals surface area contributed by atoms with Gasteiger partial charge in [0.25, 0.3) is 0 Å². The van der Waals surface area contributed by atoms with Gasteiger partial charge in [0.1, 0.15) is 0 Å². The third-order valence-electron chi connectivity index (χ3n) is 3.62. The minimum absolute atomic E-state index is 0.0446. The Balaban J connectivity index is 2.42. The van der Waals surface area contributed by atoms with E-state index in [-0.39, 0.29) is 18.5 Å². The molecule has 1 aromatic carbocycles. The van der Waals surface area contributed by atoms with Crippen LogP contribution in [0.15, 0.2) is 12.1 Å². The molecule has 17 heavy (non-hydrogen) atoms. The molecule has 0 saturated carbocycles. The zero-order valence-electron chi connectivity index (χ0n) is 10.8. The zero-order chi connectivity index (χ0) is 12.6. The molecule has 0 spiro atoms. The fraction of sp³-hybridized carbons (Fsp3) is 0.500. The Morgan fingerprint density at radius 3 is 2.82 bits per heavy atom. The number of fused-ring (bicyclic) bond motifs is 1. The number of benzene rings is 1. The topological polar surface area (TPSA) is 46.3 Å². The van der Waals surface area contributed by atoms with Crippen LogP contribution < -0.4 is 5.73 Å². The SMILES string of the molecule is Cc1cc(C)c2c(c1)CCN(C(=O)CN)C2C. The number of carbonyl (C=O) groups excluding carboxylic acids is 1. The van der Waals surface area contributed by atoms with Crippen LogP contribution in [0.2, 0.25) is 0 Å². The molecule has 2 rings (SSSR count). The van der Waals surface area contributed by atoms with E-state index < -0.39 is 0 Å². The lowest BCUT2D eigenvalue weighted by Gasteiger charge is -2.36. The monoisotopic (exact) mass is 232 g/mol. The van der Waals surface area contributed by atoms with Crippen LogP contribution in [0, 0.1) is 13.8 Å². The van der Waals surface area contributed by atoms with E-state index in [2.05, 4.69) is 32.9 Å². The van der Waals surface area contributed by atoms with Gasteiger partial charge < -0.3 is 10.6 Å². The summed E-state index contributed by atoms with van der Waals surface area (Å²) in [5.74, 6) is 0.0446. The lowest BCUT2D eigenvalue weighted by Crippen LogP contribution is -2.42. The minimum Gasteiger partial charge on any atom is -0.334 e. The molecule has 1 aliphatic rings. The second kappa shape index (κ2) is 4.49. The number of rotatable bonds is 1. The Kier molecular flexibility index (Phi) is 3.20. The van der Waals surface area contributed by atoms with Gasteiger partial charge in [-0.05, 0) is 43.9 Å². The highest BCUT2D eigenvalue weighted by Crippen LogP contribution is 2.32. The van der Waals surface area contributed by atoms with Crippen molar-refractivity contribution < 1.29 is 4.79 Å². The standard InChI is InChI=1S/C14H20N2O/c1-9-6-10(2)14-11(3)16(13(17)8-15)5-4-12(14)7-9/h6-7,11H,4-5,8,15H2,1-3H3. The number of hydrogen-bond acceptors (Lipinski definition) is 2. The molecule has 0 fully saturated rings. The molecule has 0 saturated heterocycles. The van der Waals surface area contributed by atoms with Crippen LogP contribution in [0.1, 0.15) is 35.2 Å². The molecular formula is C14H20N2O. The summed E-state index contributed by atoms with van der Waals surface area (Å²) in [7, 11) is 0. The molecule has 3 nitrogen and oxygen atoms in total. The number of nitrogens with two attached hydrogens (primary N) is 1. The van der Waals surface area contributed by atoms with Crippen molar-refractivity contribution in [3.8, 4) is 0 Å². The summed E-state index contributed by atoms with van der Waals surface area (Å²) in [6.45, 7) is 7.22. The van der Waals surface area contributed by atoms with Gasteiger partial charge >= 0.3 is 0 Å². The molecule has 0 aliphatic carbocycles. The maximum absolute atomic E-state index is 11.8. The van der Waals surface area contributed by atoms with E-state index in [1.165, 1.54) is 22.3 Å². The van der Waals surface area contributed by atoms with Crippen LogP contribution >= 0.6 is 0 Å². The van der Waals surface area contributed by atoms with E-state index in [1.807, 2.05) is 4.90 Å². The molecule has 1 aromatic rings. The Morgan fingerprint density at radius 1 is 1.47 bits per heavy atom. The highest BCUT2D eigenvalue weighted by Gasteiger charge is 2.27. The first kappa shape index (κ1) is 12.1. The Morgan fingerprint density at radius 2 is 2.18 bits per heavy atom. The van der Waals surface area contributed by atoms with Gasteiger partial charge in [0.2, 0.25) is 5.91 Å². The second-order valence-corrected chi connectivity index (χ2v) is 4.87. The fourth-order valence-corrected chi connectivity index (χ4v) is 2.92. The summed E-state index contributed by atoms with van der Waals surface area (Å²) in [4.78, 5) is 13.7. The first-order chi connectivity index (χ1) is 8.04. The summed E-state index contributed by atoms with van der Waals surface area (Å²) < 4.78 is 0. The van der Waals surface area contributed by atoms with Crippen LogP contribution in [-0.4, -0.2) is 23.9 Å². The van der Waals surface area contributed by atoms with E-state index in [9.17, 15) is 4.79 Å². The first-order valence-corrected chi connectivity index (χ1v) is 6.14. The van der Waals surface area contributed by atoms with Gasteiger partial charge in [-0.3, -0.25) is 4.79 Å². The summed E-state index contributed by atoms with van der Waals surface area (Å²) in [5, 5.41) is 0. The molecule has 92 valence electrons. The van der Waals surface area contributed by atoms with Crippen molar-refractivity contribution >= 4 is 5.91 Å². The Hall–Kier alpha value is -1.35. The third kappa shape index (κ3) is 2.07. The van der Waals surface area contributed by atoms with Crippen LogP contribution in [0.4, 0.5) is 0 Å². The largest absolute Gasteiger partial charge is 0.334 e. The summed E-state index contributed by atoms with van der Waals surface area (Å²) in [6.07, 6.45) is 0.938. The quantitative estimate of drug-likeness (QED) is 0.801. The minimum atomic E-state index is 0.0446. The van der Waals surface area contributed by atoms with E-state index in [0.717, 1.165) is 13.0 Å². The van der Waals surface area contributed by atoms with Crippen molar-refractivity contribution in [2.75, 3.05) is 13.1 Å². The lowest BCUT2D eigenvalue weighted by molar-refractivity contribution is -0.132. The average Bonchev–Trinajstić information content (AvgIpc) is 2.27. The van der Waals surface area contributed by atoms with E-state index in [1.54, 1.807) is 0 Å². The van der Waals surface area contributed by atoms with E-state index in [0.29, 0.717) is 0 Å². The van der Waals surface area contributed by atoms with Gasteiger partial charge in [0.05, 0.1) is 12.6 Å². The van der Waals surface area contributed by atoms with Crippen LogP contribution in [0.5, 0.6) is 0 Å². The zero-order valence-corrected chi connectivity index (χ0v) is 10.8. The van der Waals surface area contributed by atoms with Gasteiger partial charge in [-0.15, -0.1) is 0 Å². The maximum Gasteiger partial charge on any atom is 0.236 e. The van der Waals surface area contributed by atoms with Gasteiger partial charge in [0, 0.05) is 6.54 Å². The molecular weight excluding hydrogens is 212 g/mol. The predicted octanol–water partition coefficient (Wildman–Crippen LogP) is 1.71. The molecule has 1 unspecified atom stereocenters. The molecule has 1 heterocycles. The maximum atomic E-state index is 11.8. The molecule has 0 radical (unpaired) electrons. The van der Waals surface area contributed by atoms with Crippen molar-refractivity contribution in [1.82, 2.24) is 4.90 Å². The number of nitrogens with zero attached hydrogens (tertiary/aromatic N) is 1. The number of carbonyl (C=O) groups is 1. The normalized spacial score (nSPS) is 19.1. The summed E-state index contributed by atoms with van der Waals surface area (Å²) >= 11 is 0. The van der Waals surface area contributed by atoms with Crippen molar-refractivity contribution in [3.63, 3.8) is 0 Å². The highest BCUT2D eigenvalue weighted by molar-refractivity contribution is 5.79. The van der Waals surface area contributed by atoms with Gasteiger partial charge in [-0.2, -0.15) is 0 Å². The molecule has 2 N–H and O–H groups in total. The predicted molar refractivity (Wildman–Crippen MR) is 68.8 cm³/mol. The molecule has 0 bridgehead atoms. The first-order valence-electron chi connectivity index (χ1n) is 6.14. The van der Waals surface area contributed by atoms with E-state index in [4.69, 9.17) is 5.73 Å². The van der Waals surface area contributed by atoms with Gasteiger partial charge in [0.15, 0.2) is 0 Å². The van der Waals surface area contributed by atoms with Crippen LogP contribution in [0.3, 0.4) is 0 Å². The fourth-order valence-electron chi connectivity index (χ4n) is 2.92. The average molecular weight is 232 g/mol. The van der Waals surface area contributed by atoms with Crippen molar-refractivity contribution in [3.05, 3.63) is 34.4 Å². The Bertz CT molecular complexity index is 454. The Labute approximate surface area is 103 Å². The van der Waals surface area contributed by atoms with E-state index >= 15 is 0 Å². The summed E-state index contributed by atoms with van der Waals surface area (Å²) in [5.41, 5.74) is 10.7. The second-order valence-electron chi connectivity index (χ2n) is 4.87. The smallest absolute Gasteiger partial charge is 0.236 e. The van der Waals surface area contributed by atoms with Crippen molar-refractivity contribution in [2.24, 2.45) is 5.73 Å². The molecule has 1 amide bonds. The lowest BCUT2D eigenvalue weighted by atomic mass is 9.88. The molecule has 0 aromatic heterocycles. The highest BCUT2D eigenvalue weighted by atomic mass is 16.2. The number of aryl methyl sites for hydroxylation is 2. The number of amides is 1. The number of hydrogen-bond donors (Lipinski definition) is 1. The molecule has 3 heteroatoms. The van der Waals surface area contributed by atoms with Crippen molar-refractivity contribution in [2.45, 2.75) is 33.2 Å². The van der Waals surface area contributed by atoms with Gasteiger partial charge in [-0.1, -0.05) is 17.7 Å². The molecule has 1 atom stereocenters. The van der Waals surface area contributed by atoms with Crippen LogP contribution in [0.25, 0.3) is 0 Å². The van der Waals surface area contributed by atoms with Crippen molar-refractivity contribution in [1.29, 1.82) is 0 Å². The van der Waals surface area contributed by atoms with Gasteiger partial charge in [-0.25, -0.2) is 0 Å². The van der Waals surface area contributed by atoms with Crippen LogP contribution in [-0.2, 0) is 11.2 Å².